The fourth-order valence-electron chi connectivity index (χ4n) is 2.52. The number of benzene rings is 1. The fraction of sp³-hybridized carbons (Fsp3) is 0.250. The lowest BCUT2D eigenvalue weighted by Gasteiger charge is -2.06. The summed E-state index contributed by atoms with van der Waals surface area (Å²) in [5, 5.41) is 2.75. The Kier molecular flexibility index (Phi) is 3.83. The van der Waals surface area contributed by atoms with Crippen LogP contribution in [0.1, 0.15) is 16.0 Å². The van der Waals surface area contributed by atoms with Gasteiger partial charge in [0.25, 0.3) is 0 Å². The number of aromatic nitrogens is 2. The molecule has 0 fully saturated rings. The molecule has 0 spiro atoms. The number of aryl methyl sites for hydroxylation is 2. The number of nitrogens with zero attached hydrogens (tertiary/aromatic N) is 2. The maximum atomic E-state index is 6.24. The molecule has 23 heavy (non-hydrogen) atoms. The van der Waals surface area contributed by atoms with Crippen LogP contribution >= 0.6 is 34.7 Å². The van der Waals surface area contributed by atoms with Crippen molar-refractivity contribution in [3.63, 3.8) is 0 Å². The lowest BCUT2D eigenvalue weighted by atomic mass is 10.2. The Balaban J connectivity index is 1.64. The van der Waals surface area contributed by atoms with Gasteiger partial charge in [-0.15, -0.1) is 23.1 Å². The van der Waals surface area contributed by atoms with E-state index in [0.717, 1.165) is 26.6 Å². The number of thiophene rings is 1. The topological polar surface area (TPSA) is 44.2 Å². The molecular formula is C16H13ClN2O2S2. The van der Waals surface area contributed by atoms with Gasteiger partial charge in [0.15, 0.2) is 11.5 Å². The van der Waals surface area contributed by atoms with E-state index in [1.165, 1.54) is 10.4 Å². The Hall–Kier alpha value is -1.50. The van der Waals surface area contributed by atoms with Gasteiger partial charge in [0.2, 0.25) is 6.79 Å². The quantitative estimate of drug-likeness (QED) is 0.484. The second-order valence-corrected chi connectivity index (χ2v) is 7.82. The van der Waals surface area contributed by atoms with Gasteiger partial charge in [-0.25, -0.2) is 9.97 Å². The Morgan fingerprint density at radius 1 is 1.26 bits per heavy atom. The zero-order valence-corrected chi connectivity index (χ0v) is 14.9. The molecule has 0 saturated carbocycles. The highest BCUT2D eigenvalue weighted by molar-refractivity contribution is 7.98. The van der Waals surface area contributed by atoms with E-state index in [9.17, 15) is 0 Å². The fourth-order valence-corrected chi connectivity index (χ4v) is 4.85. The van der Waals surface area contributed by atoms with Crippen LogP contribution in [-0.2, 0) is 5.75 Å². The van der Waals surface area contributed by atoms with Gasteiger partial charge < -0.3 is 9.47 Å². The number of hydrogen-bond donors (Lipinski definition) is 0. The molecule has 3 heterocycles. The number of rotatable bonds is 3. The SMILES string of the molecule is Cc1sc2ncnc(SCc3cc(Cl)c4c(c3)OCO4)c2c1C. The molecule has 0 bridgehead atoms. The average molecular weight is 365 g/mol. The lowest BCUT2D eigenvalue weighted by Crippen LogP contribution is -1.93. The first kappa shape index (κ1) is 15.1. The lowest BCUT2D eigenvalue weighted by molar-refractivity contribution is 0.174. The first-order chi connectivity index (χ1) is 11.1. The van der Waals surface area contributed by atoms with Crippen molar-refractivity contribution >= 4 is 44.9 Å². The second-order valence-electron chi connectivity index (χ2n) is 5.24. The molecule has 4 nitrogen and oxygen atoms in total. The van der Waals surface area contributed by atoms with Crippen molar-refractivity contribution in [3.8, 4) is 11.5 Å². The summed E-state index contributed by atoms with van der Waals surface area (Å²) >= 11 is 9.64. The number of thioether (sulfide) groups is 1. The minimum atomic E-state index is 0.228. The molecule has 118 valence electrons. The Labute approximate surface area is 146 Å². The van der Waals surface area contributed by atoms with Crippen LogP contribution in [0.25, 0.3) is 10.2 Å². The average Bonchev–Trinajstić information content (AvgIpc) is 3.11. The summed E-state index contributed by atoms with van der Waals surface area (Å²) < 4.78 is 10.8. The number of ether oxygens (including phenoxy) is 2. The smallest absolute Gasteiger partial charge is 0.231 e. The van der Waals surface area contributed by atoms with Gasteiger partial charge in [-0.1, -0.05) is 11.6 Å². The Morgan fingerprint density at radius 2 is 2.13 bits per heavy atom. The second kappa shape index (κ2) is 5.85. The third kappa shape index (κ3) is 2.65. The normalized spacial score (nSPS) is 13.0. The van der Waals surface area contributed by atoms with Gasteiger partial charge >= 0.3 is 0 Å². The largest absolute Gasteiger partial charge is 0.454 e. The van der Waals surface area contributed by atoms with E-state index in [4.69, 9.17) is 21.1 Å². The van der Waals surface area contributed by atoms with Gasteiger partial charge in [0, 0.05) is 16.0 Å². The highest BCUT2D eigenvalue weighted by Gasteiger charge is 2.19. The molecule has 1 aliphatic heterocycles. The van der Waals surface area contributed by atoms with E-state index < -0.39 is 0 Å². The minimum Gasteiger partial charge on any atom is -0.454 e. The van der Waals surface area contributed by atoms with Gasteiger partial charge in [-0.3, -0.25) is 0 Å². The summed E-state index contributed by atoms with van der Waals surface area (Å²) in [6.07, 6.45) is 1.63. The number of hydrogen-bond acceptors (Lipinski definition) is 6. The van der Waals surface area contributed by atoms with Crippen LogP contribution < -0.4 is 9.47 Å². The van der Waals surface area contributed by atoms with Crippen molar-refractivity contribution in [2.24, 2.45) is 0 Å². The molecule has 1 aliphatic rings. The standard InChI is InChI=1S/C16H13ClN2O2S2/c1-8-9(2)23-16-13(8)15(18-6-19-16)22-5-10-3-11(17)14-12(4-10)20-7-21-14/h3-4,6H,5,7H2,1-2H3. The van der Waals surface area contributed by atoms with Crippen molar-refractivity contribution in [2.45, 2.75) is 24.6 Å². The van der Waals surface area contributed by atoms with E-state index >= 15 is 0 Å². The van der Waals surface area contributed by atoms with Crippen LogP contribution in [0, 0.1) is 13.8 Å². The predicted octanol–water partition coefficient (Wildman–Crippen LogP) is 4.98. The highest BCUT2D eigenvalue weighted by Crippen LogP contribution is 2.41. The Morgan fingerprint density at radius 3 is 3.00 bits per heavy atom. The summed E-state index contributed by atoms with van der Waals surface area (Å²) in [5.74, 6) is 2.11. The molecular weight excluding hydrogens is 352 g/mol. The molecule has 2 aromatic heterocycles. The third-order valence-corrected chi connectivity index (χ3v) is 6.25. The summed E-state index contributed by atoms with van der Waals surface area (Å²) in [5.41, 5.74) is 2.34. The van der Waals surface area contributed by atoms with E-state index in [-0.39, 0.29) is 6.79 Å². The van der Waals surface area contributed by atoms with Crippen LogP contribution in [0.3, 0.4) is 0 Å². The van der Waals surface area contributed by atoms with Crippen molar-refractivity contribution in [3.05, 3.63) is 39.5 Å². The van der Waals surface area contributed by atoms with E-state index in [1.807, 2.05) is 12.1 Å². The van der Waals surface area contributed by atoms with E-state index in [2.05, 4.69) is 23.8 Å². The maximum absolute atomic E-state index is 6.24. The molecule has 1 aromatic carbocycles. The molecule has 0 N–H and O–H groups in total. The Bertz CT molecular complexity index is 911. The van der Waals surface area contributed by atoms with E-state index in [1.54, 1.807) is 29.4 Å². The zero-order chi connectivity index (χ0) is 16.0. The molecule has 0 aliphatic carbocycles. The van der Waals surface area contributed by atoms with Crippen LogP contribution in [0.5, 0.6) is 11.5 Å². The van der Waals surface area contributed by atoms with Gasteiger partial charge in [-0.05, 0) is 37.1 Å². The van der Waals surface area contributed by atoms with Crippen LogP contribution in [-0.4, -0.2) is 16.8 Å². The summed E-state index contributed by atoms with van der Waals surface area (Å²) in [6, 6.07) is 3.90. The molecule has 4 rings (SSSR count). The molecule has 0 saturated heterocycles. The molecule has 7 heteroatoms. The van der Waals surface area contributed by atoms with Crippen LogP contribution in [0.4, 0.5) is 0 Å². The molecule has 3 aromatic rings. The van der Waals surface area contributed by atoms with Crippen molar-refractivity contribution in [1.82, 2.24) is 9.97 Å². The monoisotopic (exact) mass is 364 g/mol. The van der Waals surface area contributed by atoms with Gasteiger partial charge in [0.05, 0.1) is 5.02 Å². The molecule has 0 amide bonds. The summed E-state index contributed by atoms with van der Waals surface area (Å²) in [4.78, 5) is 11.2. The number of halogens is 1. The maximum Gasteiger partial charge on any atom is 0.231 e. The molecule has 0 unspecified atom stereocenters. The summed E-state index contributed by atoms with van der Waals surface area (Å²) in [7, 11) is 0. The van der Waals surface area contributed by atoms with Gasteiger partial charge in [0.1, 0.15) is 16.2 Å². The third-order valence-electron chi connectivity index (χ3n) is 3.79. The number of fused-ring (bicyclic) bond motifs is 2. The van der Waals surface area contributed by atoms with Crippen molar-refractivity contribution in [1.29, 1.82) is 0 Å². The van der Waals surface area contributed by atoms with Crippen LogP contribution in [0.2, 0.25) is 5.02 Å². The van der Waals surface area contributed by atoms with E-state index in [0.29, 0.717) is 16.5 Å². The minimum absolute atomic E-state index is 0.228. The van der Waals surface area contributed by atoms with Crippen molar-refractivity contribution in [2.75, 3.05) is 6.79 Å². The molecule has 0 atom stereocenters. The van der Waals surface area contributed by atoms with Crippen molar-refractivity contribution < 1.29 is 9.47 Å². The zero-order valence-electron chi connectivity index (χ0n) is 12.6. The highest BCUT2D eigenvalue weighted by atomic mass is 35.5. The molecule has 0 radical (unpaired) electrons. The van der Waals surface area contributed by atoms with Crippen LogP contribution in [0.15, 0.2) is 23.5 Å². The first-order valence-corrected chi connectivity index (χ1v) is 9.23. The van der Waals surface area contributed by atoms with Gasteiger partial charge in [-0.2, -0.15) is 0 Å². The predicted molar refractivity (Wildman–Crippen MR) is 94.0 cm³/mol. The first-order valence-electron chi connectivity index (χ1n) is 7.05. The summed E-state index contributed by atoms with van der Waals surface area (Å²) in [6.45, 7) is 4.47.